The van der Waals surface area contributed by atoms with Crippen molar-refractivity contribution >= 4 is 33.4 Å². The minimum atomic E-state index is -5.20. The fraction of sp³-hybridized carbons (Fsp3) is 0.238. The minimum Gasteiger partial charge on any atom is -0.481 e. The molecule has 0 saturated carbocycles. The highest BCUT2D eigenvalue weighted by atomic mass is 32.1. The summed E-state index contributed by atoms with van der Waals surface area (Å²) in [5.74, 6) is -1.86. The normalized spacial score (nSPS) is 14.1. The standard InChI is InChI=1S/C21H17F3N4O4S/c1-12(32-14-8-6-13(11-25)7-9-14)18(30)28-27-17(29)10-20(31,21(22,23)24)19-26-15-4-2-3-5-16(15)33-19/h2-9,12,31H,10H2,1H3,(H,27,29)(H,28,30). The van der Waals surface area contributed by atoms with Crippen LogP contribution in [0, 0.1) is 11.3 Å². The molecule has 3 rings (SSSR count). The topological polar surface area (TPSA) is 124 Å². The van der Waals surface area contributed by atoms with E-state index in [0.29, 0.717) is 21.6 Å². The van der Waals surface area contributed by atoms with Gasteiger partial charge in [-0.3, -0.25) is 20.4 Å². The molecule has 0 saturated heterocycles. The fourth-order valence-electron chi connectivity index (χ4n) is 2.72. The summed E-state index contributed by atoms with van der Waals surface area (Å²) < 4.78 is 46.9. The van der Waals surface area contributed by atoms with E-state index in [1.807, 2.05) is 16.9 Å². The van der Waals surface area contributed by atoms with Gasteiger partial charge in [-0.1, -0.05) is 12.1 Å². The zero-order valence-electron chi connectivity index (χ0n) is 17.0. The number of nitrogens with one attached hydrogen (secondary N) is 2. The molecular weight excluding hydrogens is 461 g/mol. The molecule has 33 heavy (non-hydrogen) atoms. The zero-order chi connectivity index (χ0) is 24.2. The number of alkyl halides is 3. The number of fused-ring (bicyclic) bond motifs is 1. The third kappa shape index (κ3) is 5.39. The number of aromatic nitrogens is 1. The Kier molecular flexibility index (Phi) is 6.85. The summed E-state index contributed by atoms with van der Waals surface area (Å²) in [5.41, 5.74) is 0.913. The lowest BCUT2D eigenvalue weighted by molar-refractivity contribution is -0.267. The number of nitriles is 1. The van der Waals surface area contributed by atoms with Crippen molar-refractivity contribution in [3.63, 3.8) is 0 Å². The first-order chi connectivity index (χ1) is 15.5. The van der Waals surface area contributed by atoms with Gasteiger partial charge in [0.1, 0.15) is 10.8 Å². The van der Waals surface area contributed by atoms with Gasteiger partial charge in [0, 0.05) is 0 Å². The maximum atomic E-state index is 13.7. The van der Waals surface area contributed by atoms with Crippen molar-refractivity contribution in [1.29, 1.82) is 5.26 Å². The molecular formula is C21H17F3N4O4S. The summed E-state index contributed by atoms with van der Waals surface area (Å²) in [6, 6.07) is 14.0. The van der Waals surface area contributed by atoms with Gasteiger partial charge in [-0.2, -0.15) is 18.4 Å². The van der Waals surface area contributed by atoms with Crippen LogP contribution in [0.2, 0.25) is 0 Å². The van der Waals surface area contributed by atoms with Crippen LogP contribution >= 0.6 is 11.3 Å². The molecule has 0 fully saturated rings. The second-order valence-electron chi connectivity index (χ2n) is 6.96. The van der Waals surface area contributed by atoms with Gasteiger partial charge in [-0.25, -0.2) is 4.98 Å². The summed E-state index contributed by atoms with van der Waals surface area (Å²) in [6.07, 6.45) is -7.74. The Bertz CT molecular complexity index is 1170. The van der Waals surface area contributed by atoms with Crippen LogP contribution in [0.15, 0.2) is 48.5 Å². The average molecular weight is 478 g/mol. The van der Waals surface area contributed by atoms with E-state index in [4.69, 9.17) is 10.00 Å². The van der Waals surface area contributed by atoms with Crippen LogP contribution < -0.4 is 15.6 Å². The fourth-order valence-corrected chi connectivity index (χ4v) is 3.80. The Morgan fingerprint density at radius 1 is 1.18 bits per heavy atom. The number of hydrogen-bond acceptors (Lipinski definition) is 7. The molecule has 8 nitrogen and oxygen atoms in total. The highest BCUT2D eigenvalue weighted by molar-refractivity contribution is 7.18. The maximum Gasteiger partial charge on any atom is 0.424 e. The van der Waals surface area contributed by atoms with Crippen LogP contribution in [0.1, 0.15) is 23.9 Å². The van der Waals surface area contributed by atoms with E-state index in [-0.39, 0.29) is 11.3 Å². The first-order valence-electron chi connectivity index (χ1n) is 9.44. The summed E-state index contributed by atoms with van der Waals surface area (Å²) >= 11 is 0.618. The number of halogens is 3. The van der Waals surface area contributed by atoms with Crippen molar-refractivity contribution in [3.05, 3.63) is 59.1 Å². The lowest BCUT2D eigenvalue weighted by Crippen LogP contribution is -2.51. The van der Waals surface area contributed by atoms with Crippen LogP contribution in [0.4, 0.5) is 13.2 Å². The van der Waals surface area contributed by atoms with E-state index < -0.39 is 41.1 Å². The van der Waals surface area contributed by atoms with E-state index in [0.717, 1.165) is 0 Å². The first kappa shape index (κ1) is 24.0. The molecule has 0 radical (unpaired) electrons. The number of benzene rings is 2. The molecule has 12 heteroatoms. The number of carbonyl (C=O) groups is 2. The summed E-state index contributed by atoms with van der Waals surface area (Å²) in [7, 11) is 0. The zero-order valence-corrected chi connectivity index (χ0v) is 17.8. The van der Waals surface area contributed by atoms with E-state index in [2.05, 4.69) is 4.98 Å². The van der Waals surface area contributed by atoms with Crippen LogP contribution in [0.3, 0.4) is 0 Å². The average Bonchev–Trinajstić information content (AvgIpc) is 3.22. The Hall–Kier alpha value is -3.69. The Labute approximate surface area is 189 Å². The molecule has 2 atom stereocenters. The van der Waals surface area contributed by atoms with Crippen LogP contribution in [-0.2, 0) is 15.2 Å². The predicted octanol–water partition coefficient (Wildman–Crippen LogP) is 2.92. The van der Waals surface area contributed by atoms with Crippen molar-refractivity contribution in [2.75, 3.05) is 0 Å². The lowest BCUT2D eigenvalue weighted by Gasteiger charge is -2.27. The smallest absolute Gasteiger partial charge is 0.424 e. The molecule has 2 aromatic carbocycles. The quantitative estimate of drug-likeness (QED) is 0.468. The molecule has 1 aromatic heterocycles. The van der Waals surface area contributed by atoms with Gasteiger partial charge >= 0.3 is 6.18 Å². The van der Waals surface area contributed by atoms with Gasteiger partial charge in [0.15, 0.2) is 6.10 Å². The second kappa shape index (κ2) is 9.43. The van der Waals surface area contributed by atoms with E-state index >= 15 is 0 Å². The minimum absolute atomic E-state index is 0.252. The Morgan fingerprint density at radius 3 is 2.45 bits per heavy atom. The number of ether oxygens (including phenoxy) is 1. The summed E-state index contributed by atoms with van der Waals surface area (Å²) in [6.45, 7) is 1.35. The molecule has 0 spiro atoms. The number of aliphatic hydroxyl groups is 1. The van der Waals surface area contributed by atoms with Crippen LogP contribution in [0.25, 0.3) is 10.2 Å². The SMILES string of the molecule is CC(Oc1ccc(C#N)cc1)C(=O)NNC(=O)CC(O)(c1nc2ccccc2s1)C(F)(F)F. The molecule has 0 bridgehead atoms. The highest BCUT2D eigenvalue weighted by Gasteiger charge is 2.58. The molecule has 0 aliphatic heterocycles. The number of thiazole rings is 1. The van der Waals surface area contributed by atoms with Crippen molar-refractivity contribution in [1.82, 2.24) is 15.8 Å². The van der Waals surface area contributed by atoms with Gasteiger partial charge in [0.05, 0.1) is 28.3 Å². The maximum absolute atomic E-state index is 13.7. The van der Waals surface area contributed by atoms with E-state index in [1.165, 1.54) is 37.3 Å². The number of amides is 2. The molecule has 2 amide bonds. The van der Waals surface area contributed by atoms with Gasteiger partial charge in [-0.15, -0.1) is 11.3 Å². The molecule has 3 N–H and O–H groups in total. The molecule has 1 heterocycles. The molecule has 3 aromatic rings. The van der Waals surface area contributed by atoms with Crippen molar-refractivity contribution < 1.29 is 32.6 Å². The van der Waals surface area contributed by atoms with Gasteiger partial charge in [0.2, 0.25) is 11.5 Å². The summed E-state index contributed by atoms with van der Waals surface area (Å²) in [5, 5.41) is 18.5. The number of para-hydroxylation sites is 1. The molecule has 172 valence electrons. The van der Waals surface area contributed by atoms with Crippen molar-refractivity contribution in [2.24, 2.45) is 0 Å². The Balaban J connectivity index is 1.64. The predicted molar refractivity (Wildman–Crippen MR) is 112 cm³/mol. The number of hydrazine groups is 1. The van der Waals surface area contributed by atoms with Crippen LogP contribution in [0.5, 0.6) is 5.75 Å². The third-order valence-electron chi connectivity index (χ3n) is 4.52. The molecule has 0 aliphatic rings. The van der Waals surface area contributed by atoms with Crippen LogP contribution in [-0.4, -0.2) is 34.2 Å². The number of carbonyl (C=O) groups excluding carboxylic acids is 2. The molecule has 2 unspecified atom stereocenters. The lowest BCUT2D eigenvalue weighted by atomic mass is 9.99. The largest absolute Gasteiger partial charge is 0.481 e. The second-order valence-corrected chi connectivity index (χ2v) is 7.99. The first-order valence-corrected chi connectivity index (χ1v) is 10.3. The monoisotopic (exact) mass is 478 g/mol. The van der Waals surface area contributed by atoms with Gasteiger partial charge < -0.3 is 9.84 Å². The van der Waals surface area contributed by atoms with E-state index in [1.54, 1.807) is 18.2 Å². The van der Waals surface area contributed by atoms with E-state index in [9.17, 15) is 27.9 Å². The van der Waals surface area contributed by atoms with Crippen molar-refractivity contribution in [2.45, 2.75) is 31.2 Å². The highest BCUT2D eigenvalue weighted by Crippen LogP contribution is 2.44. The van der Waals surface area contributed by atoms with Gasteiger partial charge in [-0.05, 0) is 43.3 Å². The molecule has 0 aliphatic carbocycles. The summed E-state index contributed by atoms with van der Waals surface area (Å²) in [4.78, 5) is 28.1. The van der Waals surface area contributed by atoms with Gasteiger partial charge in [0.25, 0.3) is 5.91 Å². The third-order valence-corrected chi connectivity index (χ3v) is 5.71. The Morgan fingerprint density at radius 2 is 1.85 bits per heavy atom. The number of nitrogens with zero attached hydrogens (tertiary/aromatic N) is 2. The number of hydrogen-bond donors (Lipinski definition) is 3. The number of rotatable bonds is 6. The van der Waals surface area contributed by atoms with Crippen molar-refractivity contribution in [3.8, 4) is 11.8 Å².